The van der Waals surface area contributed by atoms with E-state index in [0.717, 1.165) is 18.4 Å². The fourth-order valence-electron chi connectivity index (χ4n) is 3.60. The fourth-order valence-corrected chi connectivity index (χ4v) is 3.60. The molecule has 0 bridgehead atoms. The van der Waals surface area contributed by atoms with Crippen molar-refractivity contribution in [3.63, 3.8) is 0 Å². The van der Waals surface area contributed by atoms with Crippen molar-refractivity contribution in [2.24, 2.45) is 5.92 Å². The maximum Gasteiger partial charge on any atom is 0.0348 e. The standard InChI is InChI=1S/C20H33N/c1-4-7-10-16(5-2)20(21-6-3)19-14-9-13-18(15-19)17-11-8-12-17/h9,13-17,20-21H,4-8,10-12H2,1-3H3. The van der Waals surface area contributed by atoms with Crippen LogP contribution in [0.5, 0.6) is 0 Å². The number of nitrogens with one attached hydrogen (secondary N) is 1. The quantitative estimate of drug-likeness (QED) is 0.603. The van der Waals surface area contributed by atoms with Crippen LogP contribution < -0.4 is 5.32 Å². The van der Waals surface area contributed by atoms with E-state index in [1.807, 2.05) is 0 Å². The summed E-state index contributed by atoms with van der Waals surface area (Å²) >= 11 is 0. The van der Waals surface area contributed by atoms with Crippen molar-refractivity contribution in [2.45, 2.75) is 77.7 Å². The van der Waals surface area contributed by atoms with E-state index in [4.69, 9.17) is 0 Å². The van der Waals surface area contributed by atoms with Crippen LogP contribution in [0.3, 0.4) is 0 Å². The zero-order valence-electron chi connectivity index (χ0n) is 14.2. The van der Waals surface area contributed by atoms with Crippen LogP contribution in [-0.4, -0.2) is 6.54 Å². The third kappa shape index (κ3) is 4.32. The molecule has 0 radical (unpaired) electrons. The average Bonchev–Trinajstić information content (AvgIpc) is 2.45. The lowest BCUT2D eigenvalue weighted by Crippen LogP contribution is -2.28. The van der Waals surface area contributed by atoms with Crippen molar-refractivity contribution in [1.29, 1.82) is 0 Å². The predicted octanol–water partition coefficient (Wildman–Crippen LogP) is 5.82. The summed E-state index contributed by atoms with van der Waals surface area (Å²) in [6.07, 6.45) is 9.47. The normalized spacial score (nSPS) is 18.2. The van der Waals surface area contributed by atoms with Crippen LogP contribution in [-0.2, 0) is 0 Å². The van der Waals surface area contributed by atoms with Gasteiger partial charge in [0.2, 0.25) is 0 Å². The third-order valence-electron chi connectivity index (χ3n) is 5.19. The second kappa shape index (κ2) is 8.58. The van der Waals surface area contributed by atoms with Gasteiger partial charge in [0.25, 0.3) is 0 Å². The first-order valence-corrected chi connectivity index (χ1v) is 9.13. The van der Waals surface area contributed by atoms with Crippen molar-refractivity contribution >= 4 is 0 Å². The van der Waals surface area contributed by atoms with Gasteiger partial charge in [0.1, 0.15) is 0 Å². The zero-order valence-corrected chi connectivity index (χ0v) is 14.2. The Balaban J connectivity index is 2.15. The second-order valence-corrected chi connectivity index (χ2v) is 6.64. The first kappa shape index (κ1) is 16.5. The molecule has 0 saturated heterocycles. The first-order valence-electron chi connectivity index (χ1n) is 9.13. The van der Waals surface area contributed by atoms with Crippen molar-refractivity contribution in [3.8, 4) is 0 Å². The molecule has 2 atom stereocenters. The van der Waals surface area contributed by atoms with Gasteiger partial charge in [0.05, 0.1) is 0 Å². The molecule has 1 nitrogen and oxygen atoms in total. The number of unbranched alkanes of at least 4 members (excludes halogenated alkanes) is 1. The summed E-state index contributed by atoms with van der Waals surface area (Å²) in [5.41, 5.74) is 3.09. The van der Waals surface area contributed by atoms with E-state index in [9.17, 15) is 0 Å². The van der Waals surface area contributed by atoms with E-state index in [-0.39, 0.29) is 0 Å². The molecule has 0 aliphatic heterocycles. The molecule has 2 unspecified atom stereocenters. The van der Waals surface area contributed by atoms with Gasteiger partial charge in [-0.15, -0.1) is 0 Å². The van der Waals surface area contributed by atoms with E-state index >= 15 is 0 Å². The van der Waals surface area contributed by atoms with Crippen molar-refractivity contribution in [2.75, 3.05) is 6.54 Å². The Hall–Kier alpha value is -0.820. The largest absolute Gasteiger partial charge is 0.310 e. The number of hydrogen-bond donors (Lipinski definition) is 1. The van der Waals surface area contributed by atoms with Crippen LogP contribution in [0.15, 0.2) is 24.3 Å². The summed E-state index contributed by atoms with van der Waals surface area (Å²) in [4.78, 5) is 0. The second-order valence-electron chi connectivity index (χ2n) is 6.64. The van der Waals surface area contributed by atoms with Gasteiger partial charge < -0.3 is 5.32 Å². The molecule has 21 heavy (non-hydrogen) atoms. The number of benzene rings is 1. The highest BCUT2D eigenvalue weighted by Crippen LogP contribution is 2.38. The summed E-state index contributed by atoms with van der Waals surface area (Å²) in [7, 11) is 0. The zero-order chi connectivity index (χ0) is 15.1. The lowest BCUT2D eigenvalue weighted by Gasteiger charge is -2.30. The smallest absolute Gasteiger partial charge is 0.0348 e. The van der Waals surface area contributed by atoms with E-state index in [1.165, 1.54) is 50.5 Å². The minimum absolute atomic E-state index is 0.534. The lowest BCUT2D eigenvalue weighted by molar-refractivity contribution is 0.327. The average molecular weight is 287 g/mol. The molecule has 1 N–H and O–H groups in total. The molecule has 0 spiro atoms. The molecule has 1 aliphatic rings. The van der Waals surface area contributed by atoms with Gasteiger partial charge in [-0.3, -0.25) is 0 Å². The molecule has 0 heterocycles. The van der Waals surface area contributed by atoms with Gasteiger partial charge in [-0.25, -0.2) is 0 Å². The van der Waals surface area contributed by atoms with Crippen LogP contribution in [0.25, 0.3) is 0 Å². The monoisotopic (exact) mass is 287 g/mol. The Labute approximate surface area is 131 Å². The van der Waals surface area contributed by atoms with E-state index in [2.05, 4.69) is 50.4 Å². The molecule has 0 amide bonds. The summed E-state index contributed by atoms with van der Waals surface area (Å²) in [5, 5.41) is 3.76. The fraction of sp³-hybridized carbons (Fsp3) is 0.700. The Morgan fingerprint density at radius 2 is 2.00 bits per heavy atom. The first-order chi connectivity index (χ1) is 10.3. The van der Waals surface area contributed by atoms with Crippen LogP contribution in [0, 0.1) is 5.92 Å². The van der Waals surface area contributed by atoms with Crippen molar-refractivity contribution in [3.05, 3.63) is 35.4 Å². The predicted molar refractivity (Wildman–Crippen MR) is 92.8 cm³/mol. The van der Waals surface area contributed by atoms with Crippen molar-refractivity contribution in [1.82, 2.24) is 5.32 Å². The van der Waals surface area contributed by atoms with Crippen LogP contribution in [0.2, 0.25) is 0 Å². The maximum absolute atomic E-state index is 3.76. The van der Waals surface area contributed by atoms with E-state index in [0.29, 0.717) is 6.04 Å². The van der Waals surface area contributed by atoms with Gasteiger partial charge in [-0.1, -0.05) is 70.7 Å². The Morgan fingerprint density at radius 1 is 1.19 bits per heavy atom. The molecule has 1 aromatic carbocycles. The molecule has 2 rings (SSSR count). The molecule has 1 aliphatic carbocycles. The van der Waals surface area contributed by atoms with Crippen LogP contribution in [0.1, 0.15) is 88.8 Å². The SMILES string of the molecule is CCCCC(CC)C(NCC)c1cccc(C2CCC2)c1. The molecule has 118 valence electrons. The van der Waals surface area contributed by atoms with Gasteiger partial charge in [-0.2, -0.15) is 0 Å². The summed E-state index contributed by atoms with van der Waals surface area (Å²) in [6, 6.07) is 9.98. The number of hydrogen-bond acceptors (Lipinski definition) is 1. The topological polar surface area (TPSA) is 12.0 Å². The third-order valence-corrected chi connectivity index (χ3v) is 5.19. The van der Waals surface area contributed by atoms with Gasteiger partial charge >= 0.3 is 0 Å². The Kier molecular flexibility index (Phi) is 6.76. The van der Waals surface area contributed by atoms with Gasteiger partial charge in [0.15, 0.2) is 0 Å². The molecule has 1 saturated carbocycles. The maximum atomic E-state index is 3.76. The highest BCUT2D eigenvalue weighted by atomic mass is 14.9. The summed E-state index contributed by atoms with van der Waals surface area (Å²) < 4.78 is 0. The van der Waals surface area contributed by atoms with Crippen molar-refractivity contribution < 1.29 is 0 Å². The molecule has 1 aromatic rings. The summed E-state index contributed by atoms with van der Waals surface area (Å²) in [5.74, 6) is 1.60. The molecule has 1 fully saturated rings. The van der Waals surface area contributed by atoms with E-state index < -0.39 is 0 Å². The minimum atomic E-state index is 0.534. The van der Waals surface area contributed by atoms with Gasteiger partial charge in [0, 0.05) is 6.04 Å². The lowest BCUT2D eigenvalue weighted by atomic mass is 9.78. The van der Waals surface area contributed by atoms with Crippen LogP contribution in [0.4, 0.5) is 0 Å². The molecular formula is C20H33N. The molecule has 0 aromatic heterocycles. The number of rotatable bonds is 9. The Bertz CT molecular complexity index is 408. The minimum Gasteiger partial charge on any atom is -0.310 e. The molecule has 1 heteroatoms. The highest BCUT2D eigenvalue weighted by molar-refractivity contribution is 5.30. The Morgan fingerprint density at radius 3 is 2.57 bits per heavy atom. The molecular weight excluding hydrogens is 254 g/mol. The van der Waals surface area contributed by atoms with Crippen LogP contribution >= 0.6 is 0 Å². The van der Waals surface area contributed by atoms with Gasteiger partial charge in [-0.05, 0) is 48.8 Å². The van der Waals surface area contributed by atoms with E-state index in [1.54, 1.807) is 5.56 Å². The highest BCUT2D eigenvalue weighted by Gasteiger charge is 2.23. The summed E-state index contributed by atoms with van der Waals surface area (Å²) in [6.45, 7) is 7.93.